The summed E-state index contributed by atoms with van der Waals surface area (Å²) in [6, 6.07) is 3.33. The molecule has 0 aromatic carbocycles. The number of ether oxygens (including phenoxy) is 1. The lowest BCUT2D eigenvalue weighted by Crippen LogP contribution is -2.29. The maximum absolute atomic E-state index is 12.0. The van der Waals surface area contributed by atoms with Crippen molar-refractivity contribution in [2.24, 2.45) is 0 Å². The fourth-order valence-corrected chi connectivity index (χ4v) is 4.42. The van der Waals surface area contributed by atoms with Crippen LogP contribution in [0.25, 0.3) is 0 Å². The van der Waals surface area contributed by atoms with E-state index in [0.717, 1.165) is 3.79 Å². The lowest BCUT2D eigenvalue weighted by molar-refractivity contribution is 0.138. The quantitative estimate of drug-likeness (QED) is 0.752. The first-order valence-corrected chi connectivity index (χ1v) is 7.83. The van der Waals surface area contributed by atoms with Crippen LogP contribution in [-0.4, -0.2) is 39.5 Å². The molecule has 1 heterocycles. The van der Waals surface area contributed by atoms with Gasteiger partial charge in [-0.15, -0.1) is 11.3 Å². The van der Waals surface area contributed by atoms with Crippen LogP contribution in [0, 0.1) is 0 Å². The Balaban J connectivity index is 2.70. The number of hydrogen-bond donors (Lipinski definition) is 0. The molecule has 1 rings (SSSR count). The average molecular weight is 328 g/mol. The molecular formula is C9H14BrNO3S2. The van der Waals surface area contributed by atoms with E-state index in [1.165, 1.54) is 15.6 Å². The Morgan fingerprint density at radius 1 is 1.50 bits per heavy atom. The molecule has 0 amide bonds. The van der Waals surface area contributed by atoms with Crippen molar-refractivity contribution in [2.75, 3.05) is 26.8 Å². The van der Waals surface area contributed by atoms with Crippen LogP contribution in [0.3, 0.4) is 0 Å². The molecule has 0 N–H and O–H groups in total. The van der Waals surface area contributed by atoms with E-state index in [1.54, 1.807) is 19.2 Å². The summed E-state index contributed by atoms with van der Waals surface area (Å²) in [7, 11) is -1.80. The topological polar surface area (TPSA) is 46.6 Å². The monoisotopic (exact) mass is 327 g/mol. The first-order valence-electron chi connectivity index (χ1n) is 4.78. The van der Waals surface area contributed by atoms with Crippen molar-refractivity contribution in [1.29, 1.82) is 0 Å². The Labute approximate surface area is 108 Å². The van der Waals surface area contributed by atoms with Crippen molar-refractivity contribution in [1.82, 2.24) is 4.31 Å². The summed E-state index contributed by atoms with van der Waals surface area (Å²) in [5, 5.41) is 0. The minimum absolute atomic E-state index is 0.346. The predicted molar refractivity (Wildman–Crippen MR) is 68.3 cm³/mol. The Morgan fingerprint density at radius 2 is 2.19 bits per heavy atom. The Morgan fingerprint density at radius 3 is 2.69 bits per heavy atom. The highest BCUT2D eigenvalue weighted by molar-refractivity contribution is 9.11. The molecule has 1 aromatic rings. The lowest BCUT2D eigenvalue weighted by atomic mass is 10.7. The summed E-state index contributed by atoms with van der Waals surface area (Å²) >= 11 is 4.46. The van der Waals surface area contributed by atoms with Crippen LogP contribution in [0.1, 0.15) is 6.92 Å². The number of thiophene rings is 1. The molecule has 0 aliphatic rings. The minimum atomic E-state index is -3.36. The van der Waals surface area contributed by atoms with E-state index in [2.05, 4.69) is 15.9 Å². The molecule has 4 nitrogen and oxygen atoms in total. The van der Waals surface area contributed by atoms with Gasteiger partial charge in [-0.25, -0.2) is 8.42 Å². The average Bonchev–Trinajstić information content (AvgIpc) is 2.65. The summed E-state index contributed by atoms with van der Waals surface area (Å²) < 4.78 is 31.6. The van der Waals surface area contributed by atoms with Crippen molar-refractivity contribution < 1.29 is 13.2 Å². The minimum Gasteiger partial charge on any atom is -0.380 e. The van der Waals surface area contributed by atoms with E-state index in [1.807, 2.05) is 6.92 Å². The number of halogens is 1. The Kier molecular flexibility index (Phi) is 5.39. The van der Waals surface area contributed by atoms with Gasteiger partial charge in [-0.2, -0.15) is 4.31 Å². The Bertz CT molecular complexity index is 430. The third-order valence-electron chi connectivity index (χ3n) is 1.97. The largest absolute Gasteiger partial charge is 0.380 e. The molecular weight excluding hydrogens is 314 g/mol. The molecule has 0 atom stereocenters. The van der Waals surface area contributed by atoms with Crippen molar-refractivity contribution in [3.63, 3.8) is 0 Å². The number of sulfonamides is 1. The van der Waals surface area contributed by atoms with Crippen LogP contribution in [0.15, 0.2) is 20.1 Å². The molecule has 0 saturated heterocycles. The molecule has 0 aliphatic heterocycles. The second-order valence-electron chi connectivity index (χ2n) is 3.08. The SMILES string of the molecule is CCOCCN(C)S(=O)(=O)c1ccc(Br)s1. The molecule has 0 spiro atoms. The second kappa shape index (κ2) is 6.11. The number of rotatable bonds is 6. The predicted octanol–water partition coefficient (Wildman–Crippen LogP) is 2.17. The second-order valence-corrected chi connectivity index (χ2v) is 7.82. The van der Waals surface area contributed by atoms with Gasteiger partial charge in [0.25, 0.3) is 10.0 Å². The van der Waals surface area contributed by atoms with Gasteiger partial charge in [0, 0.05) is 20.2 Å². The van der Waals surface area contributed by atoms with Gasteiger partial charge in [0.2, 0.25) is 0 Å². The summed E-state index contributed by atoms with van der Waals surface area (Å²) in [5.41, 5.74) is 0. The highest BCUT2D eigenvalue weighted by Gasteiger charge is 2.22. The van der Waals surface area contributed by atoms with Crippen LogP contribution in [0.2, 0.25) is 0 Å². The third-order valence-corrected chi connectivity index (χ3v) is 5.92. The van der Waals surface area contributed by atoms with E-state index < -0.39 is 10.0 Å². The van der Waals surface area contributed by atoms with Crippen molar-refractivity contribution in [3.8, 4) is 0 Å². The first kappa shape index (κ1) is 14.1. The van der Waals surface area contributed by atoms with Crippen LogP contribution >= 0.6 is 27.3 Å². The molecule has 0 bridgehead atoms. The fourth-order valence-electron chi connectivity index (χ4n) is 1.05. The third kappa shape index (κ3) is 3.53. The van der Waals surface area contributed by atoms with Crippen molar-refractivity contribution >= 4 is 37.3 Å². The van der Waals surface area contributed by atoms with Gasteiger partial charge in [0.05, 0.1) is 10.4 Å². The van der Waals surface area contributed by atoms with E-state index >= 15 is 0 Å². The number of hydrogen-bond acceptors (Lipinski definition) is 4. The van der Waals surface area contributed by atoms with Gasteiger partial charge in [0.15, 0.2) is 0 Å². The zero-order valence-corrected chi connectivity index (χ0v) is 12.4. The molecule has 0 aliphatic carbocycles. The smallest absolute Gasteiger partial charge is 0.252 e. The van der Waals surface area contributed by atoms with Crippen LogP contribution in [0.4, 0.5) is 0 Å². The number of nitrogens with zero attached hydrogens (tertiary/aromatic N) is 1. The van der Waals surface area contributed by atoms with Gasteiger partial charge >= 0.3 is 0 Å². The molecule has 0 radical (unpaired) electrons. The van der Waals surface area contributed by atoms with Gasteiger partial charge in [0.1, 0.15) is 4.21 Å². The van der Waals surface area contributed by atoms with Crippen molar-refractivity contribution in [2.45, 2.75) is 11.1 Å². The highest BCUT2D eigenvalue weighted by Crippen LogP contribution is 2.27. The highest BCUT2D eigenvalue weighted by atomic mass is 79.9. The summed E-state index contributed by atoms with van der Waals surface area (Å²) in [6.45, 7) is 3.26. The van der Waals surface area contributed by atoms with E-state index in [0.29, 0.717) is 24.0 Å². The Hall–Kier alpha value is 0.0500. The zero-order chi connectivity index (χ0) is 12.2. The standard InChI is InChI=1S/C9H14BrNO3S2/c1-3-14-7-6-11(2)16(12,13)9-5-4-8(10)15-9/h4-5H,3,6-7H2,1-2H3. The summed E-state index contributed by atoms with van der Waals surface area (Å²) in [4.78, 5) is 0. The summed E-state index contributed by atoms with van der Waals surface area (Å²) in [6.07, 6.45) is 0. The van der Waals surface area contributed by atoms with Gasteiger partial charge in [-0.3, -0.25) is 0 Å². The van der Waals surface area contributed by atoms with Crippen molar-refractivity contribution in [3.05, 3.63) is 15.9 Å². The van der Waals surface area contributed by atoms with E-state index in [4.69, 9.17) is 4.74 Å². The number of likely N-dealkylation sites (N-methyl/N-ethyl adjacent to an activating group) is 1. The lowest BCUT2D eigenvalue weighted by Gasteiger charge is -2.15. The molecule has 16 heavy (non-hydrogen) atoms. The maximum Gasteiger partial charge on any atom is 0.252 e. The molecule has 1 aromatic heterocycles. The van der Waals surface area contributed by atoms with Gasteiger partial charge in [-0.05, 0) is 35.0 Å². The van der Waals surface area contributed by atoms with E-state index in [-0.39, 0.29) is 0 Å². The molecule has 0 unspecified atom stereocenters. The molecule has 92 valence electrons. The van der Waals surface area contributed by atoms with Crippen LogP contribution in [0.5, 0.6) is 0 Å². The fraction of sp³-hybridized carbons (Fsp3) is 0.556. The van der Waals surface area contributed by atoms with Gasteiger partial charge < -0.3 is 4.74 Å². The summed E-state index contributed by atoms with van der Waals surface area (Å²) in [5.74, 6) is 0. The first-order chi connectivity index (χ1) is 7.48. The zero-order valence-electron chi connectivity index (χ0n) is 9.14. The van der Waals surface area contributed by atoms with Crippen LogP contribution < -0.4 is 0 Å². The molecule has 0 fully saturated rings. The van der Waals surface area contributed by atoms with Crippen LogP contribution in [-0.2, 0) is 14.8 Å². The molecule has 0 saturated carbocycles. The van der Waals surface area contributed by atoms with Gasteiger partial charge in [-0.1, -0.05) is 0 Å². The molecule has 7 heteroatoms. The maximum atomic E-state index is 12.0. The normalized spacial score (nSPS) is 12.2. The van der Waals surface area contributed by atoms with E-state index in [9.17, 15) is 8.42 Å².